The van der Waals surface area contributed by atoms with Crippen molar-refractivity contribution in [1.82, 2.24) is 10.2 Å². The lowest BCUT2D eigenvalue weighted by molar-refractivity contribution is -0.0579. The van der Waals surface area contributed by atoms with Gasteiger partial charge in [0.2, 0.25) is 0 Å². The fourth-order valence-corrected chi connectivity index (χ4v) is 3.74. The fourth-order valence-electron chi connectivity index (χ4n) is 3.74. The number of nitrogens with zero attached hydrogens (tertiary/aromatic N) is 1. The molecule has 116 valence electrons. The Morgan fingerprint density at radius 3 is 2.62 bits per heavy atom. The van der Waals surface area contributed by atoms with Crippen LogP contribution in [-0.4, -0.2) is 36.6 Å². The molecule has 1 aromatic carbocycles. The highest BCUT2D eigenvalue weighted by atomic mass is 19.3. The first-order chi connectivity index (χ1) is 10.2. The monoisotopic (exact) mass is 294 g/mol. The van der Waals surface area contributed by atoms with E-state index in [-0.39, 0.29) is 18.2 Å². The minimum absolute atomic E-state index is 0.133. The first-order valence-electron chi connectivity index (χ1n) is 8.07. The summed E-state index contributed by atoms with van der Waals surface area (Å²) in [5.41, 5.74) is 0.133. The van der Waals surface area contributed by atoms with Crippen molar-refractivity contribution in [3.05, 3.63) is 35.9 Å². The zero-order valence-corrected chi connectivity index (χ0v) is 12.4. The minimum Gasteiger partial charge on any atom is -0.312 e. The Hall–Kier alpha value is -1.00. The molecule has 0 radical (unpaired) electrons. The zero-order valence-electron chi connectivity index (χ0n) is 12.4. The number of nitrogens with one attached hydrogen (secondary N) is 1. The molecule has 0 bridgehead atoms. The molecule has 0 amide bonds. The molecule has 0 spiro atoms. The molecule has 1 aromatic rings. The minimum atomic E-state index is -2.77. The van der Waals surface area contributed by atoms with Crippen LogP contribution in [0.3, 0.4) is 0 Å². The van der Waals surface area contributed by atoms with Crippen LogP contribution in [-0.2, 0) is 5.92 Å². The Bertz CT molecular complexity index is 443. The smallest absolute Gasteiger partial charge is 0.285 e. The number of likely N-dealkylation sites (tertiary alicyclic amines) is 1. The summed E-state index contributed by atoms with van der Waals surface area (Å²) >= 11 is 0. The van der Waals surface area contributed by atoms with Crippen molar-refractivity contribution in [3.63, 3.8) is 0 Å². The molecule has 4 heteroatoms. The van der Waals surface area contributed by atoms with Gasteiger partial charge in [-0.05, 0) is 38.8 Å². The number of benzene rings is 1. The van der Waals surface area contributed by atoms with Gasteiger partial charge in [-0.25, -0.2) is 0 Å². The van der Waals surface area contributed by atoms with Gasteiger partial charge in [0.1, 0.15) is 0 Å². The molecule has 2 nitrogen and oxygen atoms in total. The van der Waals surface area contributed by atoms with Crippen LogP contribution in [0.25, 0.3) is 0 Å². The molecule has 2 aliphatic heterocycles. The predicted molar refractivity (Wildman–Crippen MR) is 80.6 cm³/mol. The van der Waals surface area contributed by atoms with Gasteiger partial charge < -0.3 is 5.32 Å². The van der Waals surface area contributed by atoms with Crippen molar-refractivity contribution < 1.29 is 8.78 Å². The van der Waals surface area contributed by atoms with E-state index in [1.807, 2.05) is 4.90 Å². The standard InChI is InChI=1S/C17H24F2N2/c18-17(19,14-7-2-1-3-8-14)13-21-12-5-4-10-16(21)15-9-6-11-20-15/h1-3,7-8,15-16,20H,4-6,9-13H2. The molecule has 2 atom stereocenters. The van der Waals surface area contributed by atoms with Crippen molar-refractivity contribution in [2.45, 2.75) is 50.1 Å². The van der Waals surface area contributed by atoms with E-state index in [9.17, 15) is 8.78 Å². The van der Waals surface area contributed by atoms with E-state index in [1.54, 1.807) is 18.2 Å². The van der Waals surface area contributed by atoms with E-state index in [4.69, 9.17) is 0 Å². The summed E-state index contributed by atoms with van der Waals surface area (Å²) in [5, 5.41) is 3.50. The van der Waals surface area contributed by atoms with E-state index in [1.165, 1.54) is 18.6 Å². The first-order valence-corrected chi connectivity index (χ1v) is 8.07. The van der Waals surface area contributed by atoms with Crippen LogP contribution < -0.4 is 5.32 Å². The normalized spacial score (nSPS) is 27.9. The first kappa shape index (κ1) is 14.9. The van der Waals surface area contributed by atoms with Crippen LogP contribution in [0.5, 0.6) is 0 Å². The summed E-state index contributed by atoms with van der Waals surface area (Å²) in [6.07, 6.45) is 5.54. The van der Waals surface area contributed by atoms with Crippen molar-refractivity contribution in [1.29, 1.82) is 0 Å². The van der Waals surface area contributed by atoms with E-state index < -0.39 is 5.92 Å². The maximum atomic E-state index is 14.5. The number of piperidine rings is 1. The second-order valence-corrected chi connectivity index (χ2v) is 6.31. The number of hydrogen-bond donors (Lipinski definition) is 1. The Kier molecular flexibility index (Phi) is 4.55. The molecule has 21 heavy (non-hydrogen) atoms. The molecule has 0 aromatic heterocycles. The molecule has 1 N–H and O–H groups in total. The lowest BCUT2D eigenvalue weighted by atomic mass is 9.93. The molecule has 0 saturated carbocycles. The molecule has 2 fully saturated rings. The summed E-state index contributed by atoms with van der Waals surface area (Å²) in [5.74, 6) is -2.77. The summed E-state index contributed by atoms with van der Waals surface area (Å²) < 4.78 is 29.1. The van der Waals surface area contributed by atoms with E-state index in [0.29, 0.717) is 6.04 Å². The third-order valence-electron chi connectivity index (χ3n) is 4.82. The summed E-state index contributed by atoms with van der Waals surface area (Å²) in [7, 11) is 0. The molecule has 2 heterocycles. The van der Waals surface area contributed by atoms with Crippen LogP contribution >= 0.6 is 0 Å². The maximum absolute atomic E-state index is 14.5. The van der Waals surface area contributed by atoms with Crippen LogP contribution in [0.2, 0.25) is 0 Å². The average molecular weight is 294 g/mol. The third kappa shape index (κ3) is 3.43. The van der Waals surface area contributed by atoms with Crippen molar-refractivity contribution >= 4 is 0 Å². The van der Waals surface area contributed by atoms with Crippen LogP contribution in [0.1, 0.15) is 37.7 Å². The van der Waals surface area contributed by atoms with Gasteiger partial charge in [0.25, 0.3) is 5.92 Å². The van der Waals surface area contributed by atoms with Crippen molar-refractivity contribution in [3.8, 4) is 0 Å². The molecule has 3 rings (SSSR count). The van der Waals surface area contributed by atoms with E-state index >= 15 is 0 Å². The van der Waals surface area contributed by atoms with Gasteiger partial charge in [-0.15, -0.1) is 0 Å². The predicted octanol–water partition coefficient (Wildman–Crippen LogP) is 3.38. The van der Waals surface area contributed by atoms with Crippen LogP contribution in [0.4, 0.5) is 8.78 Å². The Labute approximate surface area is 125 Å². The summed E-state index contributed by atoms with van der Waals surface area (Å²) in [6, 6.07) is 8.91. The van der Waals surface area contributed by atoms with E-state index in [2.05, 4.69) is 5.32 Å². The van der Waals surface area contributed by atoms with Gasteiger partial charge in [-0.1, -0.05) is 36.8 Å². The van der Waals surface area contributed by atoms with Gasteiger partial charge in [0.05, 0.1) is 6.54 Å². The van der Waals surface area contributed by atoms with Crippen molar-refractivity contribution in [2.75, 3.05) is 19.6 Å². The zero-order chi connectivity index (χ0) is 14.7. The van der Waals surface area contributed by atoms with Gasteiger partial charge in [-0.2, -0.15) is 8.78 Å². The maximum Gasteiger partial charge on any atom is 0.285 e. The summed E-state index contributed by atoms with van der Waals surface area (Å²) in [4.78, 5) is 2.03. The third-order valence-corrected chi connectivity index (χ3v) is 4.82. The molecule has 2 aliphatic rings. The fraction of sp³-hybridized carbons (Fsp3) is 0.647. The molecule has 0 aliphatic carbocycles. The highest BCUT2D eigenvalue weighted by Gasteiger charge is 2.39. The summed E-state index contributed by atoms with van der Waals surface area (Å²) in [6.45, 7) is 1.68. The highest BCUT2D eigenvalue weighted by molar-refractivity contribution is 5.20. The van der Waals surface area contributed by atoms with Crippen LogP contribution in [0, 0.1) is 0 Å². The largest absolute Gasteiger partial charge is 0.312 e. The van der Waals surface area contributed by atoms with Gasteiger partial charge >= 0.3 is 0 Å². The topological polar surface area (TPSA) is 15.3 Å². The number of halogens is 2. The molecule has 2 saturated heterocycles. The van der Waals surface area contributed by atoms with Gasteiger partial charge in [-0.3, -0.25) is 4.90 Å². The molecule has 2 unspecified atom stereocenters. The Morgan fingerprint density at radius 1 is 1.10 bits per heavy atom. The second kappa shape index (κ2) is 6.41. The van der Waals surface area contributed by atoms with Crippen molar-refractivity contribution in [2.24, 2.45) is 0 Å². The quantitative estimate of drug-likeness (QED) is 0.916. The lowest BCUT2D eigenvalue weighted by Gasteiger charge is -2.40. The Morgan fingerprint density at radius 2 is 1.90 bits per heavy atom. The Balaban J connectivity index is 1.71. The van der Waals surface area contributed by atoms with Gasteiger partial charge in [0, 0.05) is 17.6 Å². The van der Waals surface area contributed by atoms with Crippen LogP contribution in [0.15, 0.2) is 30.3 Å². The van der Waals surface area contributed by atoms with E-state index in [0.717, 1.165) is 38.8 Å². The molecular formula is C17H24F2N2. The van der Waals surface area contributed by atoms with Gasteiger partial charge in [0.15, 0.2) is 0 Å². The number of hydrogen-bond acceptors (Lipinski definition) is 2. The average Bonchev–Trinajstić information content (AvgIpc) is 3.02. The SMILES string of the molecule is FC(F)(CN1CCCCC1C1CCCN1)c1ccccc1. The lowest BCUT2D eigenvalue weighted by Crippen LogP contribution is -2.53. The number of alkyl halides is 2. The molecular weight excluding hydrogens is 270 g/mol. The second-order valence-electron chi connectivity index (χ2n) is 6.31. The highest BCUT2D eigenvalue weighted by Crippen LogP contribution is 2.33. The number of rotatable bonds is 4.